The summed E-state index contributed by atoms with van der Waals surface area (Å²) in [5.74, 6) is -3.24. The summed E-state index contributed by atoms with van der Waals surface area (Å²) < 4.78 is 43.2. The molecule has 34 heavy (non-hydrogen) atoms. The summed E-state index contributed by atoms with van der Waals surface area (Å²) in [7, 11) is 0. The Kier molecular flexibility index (Phi) is 4.90. The number of fused-ring (bicyclic) bond motifs is 3. The van der Waals surface area contributed by atoms with E-state index in [-0.39, 0.29) is 5.56 Å². The van der Waals surface area contributed by atoms with Gasteiger partial charge in [-0.05, 0) is 73.9 Å². The van der Waals surface area contributed by atoms with Gasteiger partial charge in [0.2, 0.25) is 0 Å². The number of nitrogens with zero attached hydrogens (tertiary/aromatic N) is 4. The maximum atomic E-state index is 13.9. The second-order valence-electron chi connectivity index (χ2n) is 8.76. The van der Waals surface area contributed by atoms with E-state index in [0.717, 1.165) is 40.1 Å². The highest BCUT2D eigenvalue weighted by Crippen LogP contribution is 2.33. The van der Waals surface area contributed by atoms with Gasteiger partial charge in [-0.2, -0.15) is 5.26 Å². The van der Waals surface area contributed by atoms with Crippen LogP contribution in [0.2, 0.25) is 0 Å². The molecule has 0 amide bonds. The third-order valence-electron chi connectivity index (χ3n) is 6.09. The molecule has 0 spiro atoms. The van der Waals surface area contributed by atoms with Crippen molar-refractivity contribution in [3.63, 3.8) is 0 Å². The zero-order valence-corrected chi connectivity index (χ0v) is 18.7. The summed E-state index contributed by atoms with van der Waals surface area (Å²) in [4.78, 5) is 9.13. The largest absolute Gasteiger partial charge is 0.296 e. The van der Waals surface area contributed by atoms with Crippen molar-refractivity contribution in [2.45, 2.75) is 26.2 Å². The van der Waals surface area contributed by atoms with Crippen LogP contribution >= 0.6 is 0 Å². The summed E-state index contributed by atoms with van der Waals surface area (Å²) in [5, 5.41) is 10.2. The van der Waals surface area contributed by atoms with Crippen LogP contribution in [0.5, 0.6) is 0 Å². The van der Waals surface area contributed by atoms with Crippen LogP contribution in [0.4, 0.5) is 13.2 Å². The van der Waals surface area contributed by atoms with Crippen LogP contribution in [0.3, 0.4) is 0 Å². The third-order valence-corrected chi connectivity index (χ3v) is 6.09. The molecule has 3 aromatic carbocycles. The average molecular weight is 456 g/mol. The minimum atomic E-state index is -1.50. The zero-order chi connectivity index (χ0) is 24.2. The van der Waals surface area contributed by atoms with Crippen LogP contribution in [0.15, 0.2) is 60.8 Å². The molecule has 7 heteroatoms. The summed E-state index contributed by atoms with van der Waals surface area (Å²) in [6, 6.07) is 17.2. The minimum absolute atomic E-state index is 0.223. The molecule has 5 aromatic rings. The lowest BCUT2D eigenvalue weighted by Crippen LogP contribution is -2.13. The Balaban J connectivity index is 1.74. The molecule has 0 aliphatic rings. The van der Waals surface area contributed by atoms with E-state index >= 15 is 0 Å². The van der Waals surface area contributed by atoms with E-state index < -0.39 is 22.9 Å². The summed E-state index contributed by atoms with van der Waals surface area (Å²) >= 11 is 0. The van der Waals surface area contributed by atoms with Gasteiger partial charge in [-0.25, -0.2) is 18.2 Å². The second kappa shape index (κ2) is 7.70. The van der Waals surface area contributed by atoms with E-state index in [2.05, 4.69) is 16.0 Å². The highest BCUT2D eigenvalue weighted by molar-refractivity contribution is 6.04. The SMILES string of the molecule is Cc1nc2cnc3ccc(-c4cc(F)c(F)c(F)c4)cc3c2n1-c1ccc(C(C)(C)C#N)cc1. The van der Waals surface area contributed by atoms with Gasteiger partial charge in [0, 0.05) is 11.1 Å². The molecule has 0 aliphatic heterocycles. The van der Waals surface area contributed by atoms with Gasteiger partial charge in [-0.3, -0.25) is 9.55 Å². The number of rotatable bonds is 3. The molecule has 0 fully saturated rings. The Morgan fingerprint density at radius 1 is 0.882 bits per heavy atom. The average Bonchev–Trinajstić information content (AvgIpc) is 3.18. The monoisotopic (exact) mass is 456 g/mol. The van der Waals surface area contributed by atoms with Crippen LogP contribution in [-0.2, 0) is 5.41 Å². The van der Waals surface area contributed by atoms with Gasteiger partial charge in [-0.1, -0.05) is 18.2 Å². The lowest BCUT2D eigenvalue weighted by atomic mass is 9.86. The van der Waals surface area contributed by atoms with Gasteiger partial charge >= 0.3 is 0 Å². The molecule has 4 nitrogen and oxygen atoms in total. The Morgan fingerprint density at radius 2 is 1.56 bits per heavy atom. The third kappa shape index (κ3) is 3.39. The predicted molar refractivity (Wildman–Crippen MR) is 125 cm³/mol. The standard InChI is InChI=1S/C27H19F3N4/c1-15-33-24-13-32-23-9-4-16(17-11-21(28)25(30)22(29)12-17)10-20(23)26(24)34(15)19-7-5-18(6-8-19)27(2,3)14-31/h4-13H,1-3H3. The first kappa shape index (κ1) is 21.7. The van der Waals surface area contributed by atoms with Crippen LogP contribution in [-0.4, -0.2) is 14.5 Å². The molecular weight excluding hydrogens is 437 g/mol. The van der Waals surface area contributed by atoms with Crippen molar-refractivity contribution in [2.75, 3.05) is 0 Å². The first-order chi connectivity index (χ1) is 16.2. The number of aryl methyl sites for hydroxylation is 1. The number of benzene rings is 3. The number of hydrogen-bond acceptors (Lipinski definition) is 3. The molecule has 168 valence electrons. The topological polar surface area (TPSA) is 54.5 Å². The quantitative estimate of drug-likeness (QED) is 0.282. The van der Waals surface area contributed by atoms with E-state index in [0.29, 0.717) is 16.6 Å². The van der Waals surface area contributed by atoms with E-state index in [1.54, 1.807) is 24.4 Å². The van der Waals surface area contributed by atoms with E-state index in [1.165, 1.54) is 0 Å². The van der Waals surface area contributed by atoms with E-state index in [9.17, 15) is 18.4 Å². The second-order valence-corrected chi connectivity index (χ2v) is 8.76. The van der Waals surface area contributed by atoms with Gasteiger partial charge in [0.25, 0.3) is 0 Å². The first-order valence-corrected chi connectivity index (χ1v) is 10.6. The van der Waals surface area contributed by atoms with E-state index in [4.69, 9.17) is 0 Å². The van der Waals surface area contributed by atoms with Crippen molar-refractivity contribution < 1.29 is 13.2 Å². The molecule has 0 radical (unpaired) electrons. The summed E-state index contributed by atoms with van der Waals surface area (Å²) in [5.41, 5.74) is 4.03. The number of pyridine rings is 1. The molecule has 0 saturated heterocycles. The number of aromatic nitrogens is 3. The van der Waals surface area contributed by atoms with Crippen molar-refractivity contribution in [1.82, 2.24) is 14.5 Å². The highest BCUT2D eigenvalue weighted by Gasteiger charge is 2.20. The first-order valence-electron chi connectivity index (χ1n) is 10.6. The van der Waals surface area contributed by atoms with Gasteiger partial charge in [-0.15, -0.1) is 0 Å². The van der Waals surface area contributed by atoms with Crippen molar-refractivity contribution in [1.29, 1.82) is 5.26 Å². The molecule has 0 N–H and O–H groups in total. The fraction of sp³-hybridized carbons (Fsp3) is 0.148. The van der Waals surface area contributed by atoms with Gasteiger partial charge in [0.15, 0.2) is 17.5 Å². The number of imidazole rings is 1. The van der Waals surface area contributed by atoms with Crippen LogP contribution in [0.1, 0.15) is 25.2 Å². The van der Waals surface area contributed by atoms with Crippen LogP contribution < -0.4 is 0 Å². The van der Waals surface area contributed by atoms with E-state index in [1.807, 2.05) is 49.6 Å². The van der Waals surface area contributed by atoms with Crippen LogP contribution in [0.25, 0.3) is 38.8 Å². The van der Waals surface area contributed by atoms with Gasteiger partial charge < -0.3 is 0 Å². The maximum Gasteiger partial charge on any atom is 0.194 e. The van der Waals surface area contributed by atoms with Gasteiger partial charge in [0.05, 0.1) is 28.7 Å². The Hall–Kier alpha value is -4.18. The minimum Gasteiger partial charge on any atom is -0.296 e. The number of halogens is 3. The number of nitriles is 1. The fourth-order valence-electron chi connectivity index (χ4n) is 4.18. The molecular formula is C27H19F3N4. The molecule has 0 saturated carbocycles. The predicted octanol–water partition coefficient (Wildman–Crippen LogP) is 6.77. The lowest BCUT2D eigenvalue weighted by Gasteiger charge is -2.17. The highest BCUT2D eigenvalue weighted by atomic mass is 19.2. The lowest BCUT2D eigenvalue weighted by molar-refractivity contribution is 0.448. The molecule has 2 heterocycles. The summed E-state index contributed by atoms with van der Waals surface area (Å²) in [6.45, 7) is 5.61. The molecule has 0 aliphatic carbocycles. The van der Waals surface area contributed by atoms with Crippen molar-refractivity contribution in [3.05, 3.63) is 89.6 Å². The molecule has 0 atom stereocenters. The van der Waals surface area contributed by atoms with Gasteiger partial charge in [0.1, 0.15) is 11.3 Å². The van der Waals surface area contributed by atoms with Crippen molar-refractivity contribution in [3.8, 4) is 22.9 Å². The molecule has 0 unspecified atom stereocenters. The molecule has 5 rings (SSSR count). The molecule has 0 bridgehead atoms. The van der Waals surface area contributed by atoms with Crippen molar-refractivity contribution in [2.24, 2.45) is 0 Å². The Labute approximate surface area is 193 Å². The Morgan fingerprint density at radius 3 is 2.21 bits per heavy atom. The normalized spacial score (nSPS) is 11.8. The zero-order valence-electron chi connectivity index (χ0n) is 18.7. The maximum absolute atomic E-state index is 13.9. The summed E-state index contributed by atoms with van der Waals surface area (Å²) in [6.07, 6.45) is 1.69. The Bertz CT molecular complexity index is 1600. The van der Waals surface area contributed by atoms with Crippen LogP contribution in [0, 0.1) is 35.7 Å². The molecule has 2 aromatic heterocycles. The number of hydrogen-bond donors (Lipinski definition) is 0. The fourth-order valence-corrected chi connectivity index (χ4v) is 4.18. The van der Waals surface area contributed by atoms with Crippen molar-refractivity contribution >= 4 is 21.9 Å². The smallest absolute Gasteiger partial charge is 0.194 e.